The van der Waals surface area contributed by atoms with Gasteiger partial charge in [0.05, 0.1) is 11.0 Å². The van der Waals surface area contributed by atoms with Crippen LogP contribution in [0.1, 0.15) is 12.8 Å². The molecule has 3 heterocycles. The minimum Gasteiger partial charge on any atom is -0.439 e. The second-order valence-corrected chi connectivity index (χ2v) is 9.20. The highest BCUT2D eigenvalue weighted by atomic mass is 32.2. The lowest BCUT2D eigenvalue weighted by Gasteiger charge is -2.33. The molecular formula is C21H23N3O5S. The number of carbonyl (C=O) groups excluding carboxylic acids is 1. The van der Waals surface area contributed by atoms with Gasteiger partial charge in [0.15, 0.2) is 0 Å². The summed E-state index contributed by atoms with van der Waals surface area (Å²) in [7, 11) is -3.66. The molecule has 2 aromatic rings. The number of hydrogen-bond acceptors (Lipinski definition) is 6. The van der Waals surface area contributed by atoms with Crippen molar-refractivity contribution in [1.29, 1.82) is 0 Å². The lowest BCUT2D eigenvalue weighted by Crippen LogP contribution is -2.45. The Labute approximate surface area is 175 Å². The van der Waals surface area contributed by atoms with E-state index in [9.17, 15) is 13.2 Å². The van der Waals surface area contributed by atoms with Crippen LogP contribution in [0.25, 0.3) is 0 Å². The highest BCUT2D eigenvalue weighted by Crippen LogP contribution is 2.34. The first-order valence-electron chi connectivity index (χ1n) is 9.73. The second kappa shape index (κ2) is 8.55. The van der Waals surface area contributed by atoms with Crippen LogP contribution in [0.5, 0.6) is 11.6 Å². The number of nitrogens with zero attached hydrogens (tertiary/aromatic N) is 2. The second-order valence-electron chi connectivity index (χ2n) is 7.26. The summed E-state index contributed by atoms with van der Waals surface area (Å²) in [5.74, 6) is 0.870. The monoisotopic (exact) mass is 429 g/mol. The Morgan fingerprint density at radius 2 is 2.07 bits per heavy atom. The maximum atomic E-state index is 13.1. The van der Waals surface area contributed by atoms with Crippen LogP contribution in [0.2, 0.25) is 0 Å². The van der Waals surface area contributed by atoms with Gasteiger partial charge in [-0.15, -0.1) is 0 Å². The predicted molar refractivity (Wildman–Crippen MR) is 109 cm³/mol. The first-order valence-corrected chi connectivity index (χ1v) is 11.2. The molecule has 1 amide bonds. The molecule has 8 nitrogen and oxygen atoms in total. The number of benzene rings is 1. The van der Waals surface area contributed by atoms with E-state index in [1.54, 1.807) is 30.5 Å². The Balaban J connectivity index is 1.41. The predicted octanol–water partition coefficient (Wildman–Crippen LogP) is 2.30. The van der Waals surface area contributed by atoms with E-state index in [2.05, 4.69) is 16.9 Å². The van der Waals surface area contributed by atoms with Crippen molar-refractivity contribution in [3.63, 3.8) is 0 Å². The van der Waals surface area contributed by atoms with Crippen LogP contribution in [0.15, 0.2) is 66.2 Å². The van der Waals surface area contributed by atoms with E-state index in [1.807, 2.05) is 6.07 Å². The number of ether oxygens (including phenoxy) is 2. The largest absolute Gasteiger partial charge is 0.439 e. The van der Waals surface area contributed by atoms with Gasteiger partial charge >= 0.3 is 0 Å². The fraction of sp³-hybridized carbons (Fsp3) is 0.333. The zero-order valence-electron chi connectivity index (χ0n) is 16.3. The van der Waals surface area contributed by atoms with Gasteiger partial charge in [0.1, 0.15) is 12.0 Å². The molecule has 0 aliphatic carbocycles. The lowest BCUT2D eigenvalue weighted by molar-refractivity contribution is -0.120. The molecule has 0 bridgehead atoms. The van der Waals surface area contributed by atoms with Crippen molar-refractivity contribution < 1.29 is 22.7 Å². The molecule has 1 aromatic heterocycles. The van der Waals surface area contributed by atoms with Gasteiger partial charge in [-0.3, -0.25) is 4.79 Å². The van der Waals surface area contributed by atoms with Gasteiger partial charge in [0.2, 0.25) is 21.8 Å². The van der Waals surface area contributed by atoms with Gasteiger partial charge in [0, 0.05) is 25.4 Å². The fourth-order valence-corrected chi connectivity index (χ4v) is 5.25. The molecule has 9 heteroatoms. The molecule has 1 aromatic carbocycles. The third kappa shape index (κ3) is 4.38. The Hall–Kier alpha value is -2.75. The van der Waals surface area contributed by atoms with Gasteiger partial charge in [-0.2, -0.15) is 4.31 Å². The van der Waals surface area contributed by atoms with Crippen LogP contribution in [0.3, 0.4) is 0 Å². The van der Waals surface area contributed by atoms with Crippen LogP contribution in [0.4, 0.5) is 0 Å². The summed E-state index contributed by atoms with van der Waals surface area (Å²) in [5, 5.41) is 2.73. The number of pyridine rings is 1. The molecule has 2 fully saturated rings. The molecule has 2 saturated heterocycles. The first-order chi connectivity index (χ1) is 14.5. The smallest absolute Gasteiger partial charge is 0.245 e. The van der Waals surface area contributed by atoms with Crippen molar-refractivity contribution in [3.8, 4) is 11.6 Å². The Morgan fingerprint density at radius 3 is 2.77 bits per heavy atom. The molecule has 0 radical (unpaired) electrons. The molecule has 0 saturated carbocycles. The minimum absolute atomic E-state index is 0.198. The third-order valence-electron chi connectivity index (χ3n) is 5.32. The van der Waals surface area contributed by atoms with Gasteiger partial charge in [-0.25, -0.2) is 13.4 Å². The molecule has 158 valence electrons. The van der Waals surface area contributed by atoms with Gasteiger partial charge in [0.25, 0.3) is 0 Å². The molecule has 0 spiro atoms. The zero-order chi connectivity index (χ0) is 21.1. The number of hydrogen-bond donors (Lipinski definition) is 1. The Morgan fingerprint density at radius 1 is 1.27 bits per heavy atom. The summed E-state index contributed by atoms with van der Waals surface area (Å²) in [6.07, 6.45) is 3.54. The van der Waals surface area contributed by atoms with Crippen LogP contribution >= 0.6 is 0 Å². The SMILES string of the molecule is C=CC(=O)NC1CC2CCN(S(=O)(=O)c3ccc(Oc4ccccn4)cc3)CC2O1. The van der Waals surface area contributed by atoms with E-state index < -0.39 is 16.3 Å². The summed E-state index contributed by atoms with van der Waals surface area (Å²) in [4.78, 5) is 15.8. The van der Waals surface area contributed by atoms with Gasteiger partial charge in [-0.1, -0.05) is 12.6 Å². The summed E-state index contributed by atoms with van der Waals surface area (Å²) < 4.78 is 39.1. The van der Waals surface area contributed by atoms with E-state index >= 15 is 0 Å². The zero-order valence-corrected chi connectivity index (χ0v) is 17.1. The van der Waals surface area contributed by atoms with Crippen molar-refractivity contribution in [3.05, 3.63) is 61.3 Å². The normalized spacial score (nSPS) is 24.1. The average molecular weight is 429 g/mol. The first kappa shape index (κ1) is 20.5. The highest BCUT2D eigenvalue weighted by Gasteiger charge is 2.42. The van der Waals surface area contributed by atoms with E-state index in [-0.39, 0.29) is 29.4 Å². The van der Waals surface area contributed by atoms with Gasteiger partial charge < -0.3 is 14.8 Å². The number of sulfonamides is 1. The molecular weight excluding hydrogens is 406 g/mol. The van der Waals surface area contributed by atoms with Crippen LogP contribution < -0.4 is 10.1 Å². The van der Waals surface area contributed by atoms with Crippen molar-refractivity contribution in [1.82, 2.24) is 14.6 Å². The molecule has 2 aliphatic heterocycles. The molecule has 3 unspecified atom stereocenters. The molecule has 3 atom stereocenters. The summed E-state index contributed by atoms with van der Waals surface area (Å²) in [5.41, 5.74) is 0. The summed E-state index contributed by atoms with van der Waals surface area (Å²) >= 11 is 0. The number of carbonyl (C=O) groups is 1. The van der Waals surface area contributed by atoms with E-state index in [0.717, 1.165) is 0 Å². The molecule has 4 rings (SSSR count). The van der Waals surface area contributed by atoms with E-state index in [1.165, 1.54) is 22.5 Å². The number of fused-ring (bicyclic) bond motifs is 1. The Kier molecular flexibility index (Phi) is 5.85. The fourth-order valence-electron chi connectivity index (χ4n) is 3.79. The van der Waals surface area contributed by atoms with Crippen molar-refractivity contribution >= 4 is 15.9 Å². The molecule has 30 heavy (non-hydrogen) atoms. The summed E-state index contributed by atoms with van der Waals surface area (Å²) in [6, 6.07) is 11.6. The van der Waals surface area contributed by atoms with Gasteiger partial charge in [-0.05, 0) is 55.2 Å². The topological polar surface area (TPSA) is 97.8 Å². The van der Waals surface area contributed by atoms with Crippen LogP contribution in [0, 0.1) is 5.92 Å². The number of aromatic nitrogens is 1. The third-order valence-corrected chi connectivity index (χ3v) is 7.20. The van der Waals surface area contributed by atoms with Crippen molar-refractivity contribution in [2.75, 3.05) is 13.1 Å². The van der Waals surface area contributed by atoms with Crippen LogP contribution in [-0.2, 0) is 19.6 Å². The lowest BCUT2D eigenvalue weighted by atomic mass is 9.94. The standard InChI is InChI=1S/C21H23N3O5S/c1-2-19(25)23-21-13-15-10-12-24(14-18(15)29-21)30(26,27)17-8-6-16(7-9-17)28-20-5-3-4-11-22-20/h2-9,11,15,18,21H,1,10,12-14H2,(H,23,25). The van der Waals surface area contributed by atoms with Crippen molar-refractivity contribution in [2.24, 2.45) is 5.92 Å². The minimum atomic E-state index is -3.66. The quantitative estimate of drug-likeness (QED) is 0.708. The summed E-state index contributed by atoms with van der Waals surface area (Å²) in [6.45, 7) is 4.11. The van der Waals surface area contributed by atoms with E-state index in [4.69, 9.17) is 9.47 Å². The van der Waals surface area contributed by atoms with Crippen LogP contribution in [-0.4, -0.2) is 49.0 Å². The maximum Gasteiger partial charge on any atom is 0.245 e. The number of piperidine rings is 1. The van der Waals surface area contributed by atoms with E-state index in [0.29, 0.717) is 31.0 Å². The number of rotatable bonds is 6. The average Bonchev–Trinajstić information content (AvgIpc) is 3.16. The number of amides is 1. The number of nitrogens with one attached hydrogen (secondary N) is 1. The highest BCUT2D eigenvalue weighted by molar-refractivity contribution is 7.89. The molecule has 2 aliphatic rings. The Bertz CT molecular complexity index is 1010. The van der Waals surface area contributed by atoms with Crippen molar-refractivity contribution in [2.45, 2.75) is 30.1 Å². The maximum absolute atomic E-state index is 13.1. The molecule has 1 N–H and O–H groups in total.